The number of hydrogen-bond donors (Lipinski definition) is 1. The van der Waals surface area contributed by atoms with Gasteiger partial charge in [-0.25, -0.2) is 4.39 Å². The van der Waals surface area contributed by atoms with Gasteiger partial charge in [0.25, 0.3) is 0 Å². The lowest BCUT2D eigenvalue weighted by Gasteiger charge is -2.17. The molecule has 0 spiro atoms. The van der Waals surface area contributed by atoms with Crippen molar-refractivity contribution in [2.45, 2.75) is 34.1 Å². The number of anilines is 1. The summed E-state index contributed by atoms with van der Waals surface area (Å²) in [5.74, 6) is -0.237. The van der Waals surface area contributed by atoms with E-state index in [0.29, 0.717) is 9.86 Å². The van der Waals surface area contributed by atoms with E-state index < -0.39 is 0 Å². The highest BCUT2D eigenvalue weighted by Gasteiger charge is 2.18. The van der Waals surface area contributed by atoms with Gasteiger partial charge in [-0.15, -0.1) is 0 Å². The second-order valence-electron chi connectivity index (χ2n) is 4.65. The van der Waals surface area contributed by atoms with Gasteiger partial charge in [-0.1, -0.05) is 6.92 Å². The molecule has 0 fully saturated rings. The number of fused-ring (bicyclic) bond motifs is 1. The number of halogens is 2. The molecule has 0 saturated heterocycles. The Balaban J connectivity index is 2.97. The maximum absolute atomic E-state index is 14.5. The summed E-state index contributed by atoms with van der Waals surface area (Å²) in [6.07, 6.45) is 0.835. The number of hydrogen-bond acceptors (Lipinski definition) is 2. The Morgan fingerprint density at radius 2 is 2.00 bits per heavy atom. The molecule has 0 amide bonds. The zero-order chi connectivity index (χ0) is 14.2. The van der Waals surface area contributed by atoms with E-state index in [2.05, 4.69) is 33.2 Å². The van der Waals surface area contributed by atoms with Crippen LogP contribution in [0.2, 0.25) is 0 Å². The predicted octanol–water partition coefficient (Wildman–Crippen LogP) is 4.75. The fourth-order valence-electron chi connectivity index (χ4n) is 2.49. The molecule has 2 rings (SSSR count). The van der Waals surface area contributed by atoms with Crippen LogP contribution in [-0.2, 0) is 6.42 Å². The summed E-state index contributed by atoms with van der Waals surface area (Å²) < 4.78 is 15.0. The van der Waals surface area contributed by atoms with Crippen molar-refractivity contribution in [1.82, 2.24) is 4.98 Å². The van der Waals surface area contributed by atoms with Crippen molar-refractivity contribution in [3.8, 4) is 0 Å². The van der Waals surface area contributed by atoms with Crippen LogP contribution in [0.25, 0.3) is 10.9 Å². The highest BCUT2D eigenvalue weighted by Crippen LogP contribution is 2.35. The maximum atomic E-state index is 14.5. The van der Waals surface area contributed by atoms with Crippen LogP contribution >= 0.6 is 15.9 Å². The van der Waals surface area contributed by atoms with Crippen LogP contribution in [0.15, 0.2) is 10.5 Å². The quantitative estimate of drug-likeness (QED) is 0.881. The predicted molar refractivity (Wildman–Crippen MR) is 82.4 cm³/mol. The van der Waals surface area contributed by atoms with Crippen LogP contribution < -0.4 is 5.32 Å². The SMILES string of the molecule is CCNc1c(CC)c(C)nc2c(C)cc(Br)c(F)c12. The summed E-state index contributed by atoms with van der Waals surface area (Å²) in [7, 11) is 0. The normalized spacial score (nSPS) is 11.1. The highest BCUT2D eigenvalue weighted by atomic mass is 79.9. The van der Waals surface area contributed by atoms with Gasteiger partial charge in [0.1, 0.15) is 5.82 Å². The van der Waals surface area contributed by atoms with Crippen LogP contribution in [0, 0.1) is 19.7 Å². The van der Waals surface area contributed by atoms with E-state index in [4.69, 9.17) is 0 Å². The molecule has 0 aliphatic carbocycles. The van der Waals surface area contributed by atoms with Gasteiger partial charge in [-0.05, 0) is 60.3 Å². The zero-order valence-electron chi connectivity index (χ0n) is 11.7. The van der Waals surface area contributed by atoms with Gasteiger partial charge in [0, 0.05) is 12.2 Å². The molecular formula is C15H18BrFN2. The molecule has 19 heavy (non-hydrogen) atoms. The summed E-state index contributed by atoms with van der Waals surface area (Å²) in [6, 6.07) is 1.78. The molecular weight excluding hydrogens is 307 g/mol. The third kappa shape index (κ3) is 2.34. The fourth-order valence-corrected chi connectivity index (χ4v) is 3.03. The van der Waals surface area contributed by atoms with Crippen molar-refractivity contribution >= 4 is 32.5 Å². The second-order valence-corrected chi connectivity index (χ2v) is 5.50. The second kappa shape index (κ2) is 5.45. The third-order valence-corrected chi connectivity index (χ3v) is 3.93. The largest absolute Gasteiger partial charge is 0.384 e. The van der Waals surface area contributed by atoms with Gasteiger partial charge in [0.05, 0.1) is 21.1 Å². The molecule has 0 bridgehead atoms. The van der Waals surface area contributed by atoms with Gasteiger partial charge >= 0.3 is 0 Å². The Hall–Kier alpha value is -1.16. The molecule has 1 aromatic heterocycles. The van der Waals surface area contributed by atoms with Crippen molar-refractivity contribution < 1.29 is 4.39 Å². The van der Waals surface area contributed by atoms with Crippen LogP contribution in [0.3, 0.4) is 0 Å². The number of pyridine rings is 1. The maximum Gasteiger partial charge on any atom is 0.148 e. The number of nitrogens with zero attached hydrogens (tertiary/aromatic N) is 1. The first-order valence-corrected chi connectivity index (χ1v) is 7.32. The molecule has 1 N–H and O–H groups in total. The minimum atomic E-state index is -0.237. The van der Waals surface area contributed by atoms with E-state index >= 15 is 0 Å². The smallest absolute Gasteiger partial charge is 0.148 e. The lowest BCUT2D eigenvalue weighted by molar-refractivity contribution is 0.632. The van der Waals surface area contributed by atoms with Crippen molar-refractivity contribution in [3.63, 3.8) is 0 Å². The summed E-state index contributed by atoms with van der Waals surface area (Å²) in [5, 5.41) is 3.90. The topological polar surface area (TPSA) is 24.9 Å². The van der Waals surface area contributed by atoms with Crippen molar-refractivity contribution in [3.05, 3.63) is 33.2 Å². The number of rotatable bonds is 3. The number of nitrogens with one attached hydrogen (secondary N) is 1. The number of aromatic nitrogens is 1. The molecule has 2 aromatic rings. The van der Waals surface area contributed by atoms with Crippen LogP contribution in [0.4, 0.5) is 10.1 Å². The lowest BCUT2D eigenvalue weighted by atomic mass is 10.0. The molecule has 0 aliphatic heterocycles. The average molecular weight is 325 g/mol. The number of benzene rings is 1. The Labute approximate surface area is 121 Å². The van der Waals surface area contributed by atoms with Gasteiger partial charge in [0.15, 0.2) is 0 Å². The monoisotopic (exact) mass is 324 g/mol. The standard InChI is InChI=1S/C15H18BrFN2/c1-5-10-9(4)19-14-8(3)7-11(16)13(17)12(14)15(10)18-6-2/h7H,5-6H2,1-4H3,(H,18,19). The fraction of sp³-hybridized carbons (Fsp3) is 0.400. The first-order valence-electron chi connectivity index (χ1n) is 6.52. The third-order valence-electron chi connectivity index (χ3n) is 3.36. The molecule has 0 saturated carbocycles. The Morgan fingerprint density at radius 3 is 2.58 bits per heavy atom. The van der Waals surface area contributed by atoms with E-state index in [0.717, 1.165) is 41.0 Å². The molecule has 0 unspecified atom stereocenters. The Kier molecular flexibility index (Phi) is 4.09. The summed E-state index contributed by atoms with van der Waals surface area (Å²) in [6.45, 7) is 8.79. The van der Waals surface area contributed by atoms with E-state index in [1.165, 1.54) is 0 Å². The van der Waals surface area contributed by atoms with E-state index in [1.807, 2.05) is 20.8 Å². The van der Waals surface area contributed by atoms with Gasteiger partial charge in [0.2, 0.25) is 0 Å². The molecule has 0 aliphatic rings. The Bertz CT molecular complexity index is 638. The molecule has 2 nitrogen and oxygen atoms in total. The van der Waals surface area contributed by atoms with Gasteiger partial charge in [-0.3, -0.25) is 4.98 Å². The minimum Gasteiger partial charge on any atom is -0.384 e. The van der Waals surface area contributed by atoms with Crippen LogP contribution in [0.1, 0.15) is 30.7 Å². The van der Waals surface area contributed by atoms with Crippen LogP contribution in [0.5, 0.6) is 0 Å². The van der Waals surface area contributed by atoms with Crippen molar-refractivity contribution in [2.75, 3.05) is 11.9 Å². The summed E-state index contributed by atoms with van der Waals surface area (Å²) >= 11 is 3.29. The Morgan fingerprint density at radius 1 is 1.32 bits per heavy atom. The molecule has 102 valence electrons. The zero-order valence-corrected chi connectivity index (χ0v) is 13.3. The van der Waals surface area contributed by atoms with Gasteiger partial charge < -0.3 is 5.32 Å². The van der Waals surface area contributed by atoms with Crippen LogP contribution in [-0.4, -0.2) is 11.5 Å². The van der Waals surface area contributed by atoms with E-state index in [-0.39, 0.29) is 5.82 Å². The highest BCUT2D eigenvalue weighted by molar-refractivity contribution is 9.10. The number of aryl methyl sites for hydroxylation is 2. The summed E-state index contributed by atoms with van der Waals surface area (Å²) in [4.78, 5) is 4.59. The van der Waals surface area contributed by atoms with Crippen molar-refractivity contribution in [2.24, 2.45) is 0 Å². The molecule has 4 heteroatoms. The molecule has 0 radical (unpaired) electrons. The van der Waals surface area contributed by atoms with E-state index in [9.17, 15) is 4.39 Å². The average Bonchev–Trinajstić information content (AvgIpc) is 2.36. The van der Waals surface area contributed by atoms with Crippen molar-refractivity contribution in [1.29, 1.82) is 0 Å². The van der Waals surface area contributed by atoms with E-state index in [1.54, 1.807) is 6.07 Å². The molecule has 1 heterocycles. The molecule has 1 aromatic carbocycles. The first-order chi connectivity index (χ1) is 9.01. The minimum absolute atomic E-state index is 0.237. The summed E-state index contributed by atoms with van der Waals surface area (Å²) in [5.41, 5.74) is 4.66. The lowest BCUT2D eigenvalue weighted by Crippen LogP contribution is -2.07. The van der Waals surface area contributed by atoms with Gasteiger partial charge in [-0.2, -0.15) is 0 Å². The first kappa shape index (κ1) is 14.3. The molecule has 0 atom stereocenters.